The number of anilines is 1. The predicted molar refractivity (Wildman–Crippen MR) is 81.3 cm³/mol. The topological polar surface area (TPSA) is 95.9 Å². The Morgan fingerprint density at radius 1 is 1.32 bits per heavy atom. The number of unbranched alkanes of at least 4 members (excludes halogenated alkanes) is 3. The van der Waals surface area contributed by atoms with Crippen molar-refractivity contribution in [1.29, 1.82) is 0 Å². The number of rotatable bonds is 9. The first-order chi connectivity index (χ1) is 10.4. The lowest BCUT2D eigenvalue weighted by Gasteiger charge is -2.12. The summed E-state index contributed by atoms with van der Waals surface area (Å²) in [7, 11) is -4.75. The second kappa shape index (κ2) is 8.88. The van der Waals surface area contributed by atoms with E-state index in [9.17, 15) is 13.8 Å². The minimum Gasteiger partial charge on any atom is -0.404 e. The third-order valence-electron chi connectivity index (χ3n) is 2.96. The Hall–Kier alpha value is -1.43. The Morgan fingerprint density at radius 3 is 2.64 bits per heavy atom. The summed E-state index contributed by atoms with van der Waals surface area (Å²) in [5, 5.41) is 2.63. The zero-order valence-corrected chi connectivity index (χ0v) is 13.3. The zero-order valence-electron chi connectivity index (χ0n) is 12.4. The normalized spacial score (nSPS) is 11.3. The van der Waals surface area contributed by atoms with Gasteiger partial charge in [0.1, 0.15) is 12.4 Å². The van der Waals surface area contributed by atoms with E-state index in [2.05, 4.69) is 16.8 Å². The lowest BCUT2D eigenvalue weighted by molar-refractivity contribution is -0.116. The smallest absolute Gasteiger partial charge is 0.404 e. The van der Waals surface area contributed by atoms with E-state index in [1.165, 1.54) is 18.2 Å². The van der Waals surface area contributed by atoms with E-state index in [0.29, 0.717) is 12.1 Å². The van der Waals surface area contributed by atoms with E-state index in [0.717, 1.165) is 25.7 Å². The average molecular weight is 333 g/mol. The first kappa shape index (κ1) is 18.6. The van der Waals surface area contributed by atoms with Gasteiger partial charge in [-0.1, -0.05) is 26.2 Å². The molecule has 0 aliphatic heterocycles. The summed E-state index contributed by atoms with van der Waals surface area (Å²) < 4.78 is 28.1. The molecule has 1 amide bonds. The van der Waals surface area contributed by atoms with Crippen LogP contribution in [0.4, 0.5) is 10.1 Å². The van der Waals surface area contributed by atoms with Crippen LogP contribution in [0.5, 0.6) is 5.75 Å². The molecule has 1 aromatic carbocycles. The molecule has 0 atom stereocenters. The molecular weight excluding hydrogens is 312 g/mol. The summed E-state index contributed by atoms with van der Waals surface area (Å²) in [4.78, 5) is 29.2. The zero-order chi connectivity index (χ0) is 16.6. The molecule has 0 aromatic heterocycles. The molecule has 0 spiro atoms. The van der Waals surface area contributed by atoms with Crippen molar-refractivity contribution >= 4 is 19.4 Å². The predicted octanol–water partition coefficient (Wildman–Crippen LogP) is 3.54. The van der Waals surface area contributed by atoms with Crippen molar-refractivity contribution in [3.05, 3.63) is 23.8 Å². The van der Waals surface area contributed by atoms with Crippen molar-refractivity contribution in [2.45, 2.75) is 45.7 Å². The van der Waals surface area contributed by atoms with Crippen LogP contribution in [0.3, 0.4) is 0 Å². The number of phosphoric acid groups is 1. The van der Waals surface area contributed by atoms with Gasteiger partial charge in [-0.25, -0.2) is 8.96 Å². The first-order valence-electron chi connectivity index (χ1n) is 7.09. The van der Waals surface area contributed by atoms with Crippen molar-refractivity contribution < 1.29 is 28.1 Å². The Bertz CT molecular complexity index is 546. The molecule has 1 aromatic rings. The quantitative estimate of drug-likeness (QED) is 0.474. The molecule has 0 unspecified atom stereocenters. The summed E-state index contributed by atoms with van der Waals surface area (Å²) in [5.74, 6) is -0.415. The first-order valence-corrected chi connectivity index (χ1v) is 8.62. The van der Waals surface area contributed by atoms with Gasteiger partial charge in [0.05, 0.1) is 0 Å². The lowest BCUT2D eigenvalue weighted by atomic mass is 10.1. The molecule has 0 saturated heterocycles. The number of carbonyl (C=O) groups excluding carboxylic acids is 1. The molecule has 6 nitrogen and oxygen atoms in total. The number of carbonyl (C=O) groups is 1. The molecule has 0 bridgehead atoms. The highest BCUT2D eigenvalue weighted by atomic mass is 31.2. The highest BCUT2D eigenvalue weighted by Gasteiger charge is 2.18. The van der Waals surface area contributed by atoms with Gasteiger partial charge in [-0.2, -0.15) is 0 Å². The third-order valence-corrected chi connectivity index (χ3v) is 3.40. The van der Waals surface area contributed by atoms with Crippen LogP contribution in [0.25, 0.3) is 0 Å². The molecule has 8 heteroatoms. The number of alkyl halides is 1. The second-order valence-electron chi connectivity index (χ2n) is 4.90. The monoisotopic (exact) mass is 333 g/mol. The lowest BCUT2D eigenvalue weighted by Crippen LogP contribution is -2.11. The molecular formula is C14H21FNO5P. The Balaban J connectivity index is 2.65. The van der Waals surface area contributed by atoms with Gasteiger partial charge in [0.25, 0.3) is 0 Å². The van der Waals surface area contributed by atoms with Crippen molar-refractivity contribution in [1.82, 2.24) is 0 Å². The van der Waals surface area contributed by atoms with Gasteiger partial charge in [-0.05, 0) is 24.6 Å². The SMILES string of the molecule is CCCCCCC(=O)Nc1ccc(OP(=O)(O)O)c(CF)c1. The maximum Gasteiger partial charge on any atom is 0.524 e. The molecule has 1 rings (SSSR count). The fourth-order valence-electron chi connectivity index (χ4n) is 1.91. The summed E-state index contributed by atoms with van der Waals surface area (Å²) in [5.41, 5.74) is 0.332. The Kier molecular flexibility index (Phi) is 7.51. The van der Waals surface area contributed by atoms with Crippen LogP contribution < -0.4 is 9.84 Å². The number of nitrogens with one attached hydrogen (secondary N) is 1. The van der Waals surface area contributed by atoms with Crippen LogP contribution in [0.2, 0.25) is 0 Å². The van der Waals surface area contributed by atoms with Gasteiger partial charge in [0.15, 0.2) is 0 Å². The fourth-order valence-corrected chi connectivity index (χ4v) is 2.35. The molecule has 3 N–H and O–H groups in total. The standard InChI is InChI=1S/C14H21FNO5P/c1-2-3-4-5-6-14(17)16-12-7-8-13(11(9-12)10-15)21-22(18,19)20/h7-9H,2-6,10H2,1H3,(H,16,17)(H2,18,19,20). The van der Waals surface area contributed by atoms with Gasteiger partial charge >= 0.3 is 7.82 Å². The van der Waals surface area contributed by atoms with E-state index >= 15 is 0 Å². The number of hydrogen-bond donors (Lipinski definition) is 3. The van der Waals surface area contributed by atoms with E-state index in [4.69, 9.17) is 9.79 Å². The van der Waals surface area contributed by atoms with Gasteiger partial charge in [0, 0.05) is 17.7 Å². The molecule has 0 saturated carbocycles. The van der Waals surface area contributed by atoms with E-state index in [1.807, 2.05) is 0 Å². The summed E-state index contributed by atoms with van der Waals surface area (Å²) in [6.07, 6.45) is 4.31. The Morgan fingerprint density at radius 2 is 2.05 bits per heavy atom. The summed E-state index contributed by atoms with van der Waals surface area (Å²) in [6.45, 7) is 1.12. The van der Waals surface area contributed by atoms with Crippen molar-refractivity contribution in [3.8, 4) is 5.75 Å². The number of hydrogen-bond acceptors (Lipinski definition) is 3. The molecule has 22 heavy (non-hydrogen) atoms. The van der Waals surface area contributed by atoms with E-state index < -0.39 is 14.5 Å². The minimum atomic E-state index is -4.75. The molecule has 0 aliphatic rings. The van der Waals surface area contributed by atoms with Crippen LogP contribution in [0.15, 0.2) is 18.2 Å². The molecule has 0 aliphatic carbocycles. The highest BCUT2D eigenvalue weighted by Crippen LogP contribution is 2.40. The molecule has 124 valence electrons. The van der Waals surface area contributed by atoms with Crippen LogP contribution in [0, 0.1) is 0 Å². The van der Waals surface area contributed by atoms with E-state index in [1.54, 1.807) is 0 Å². The van der Waals surface area contributed by atoms with Crippen LogP contribution in [-0.2, 0) is 16.0 Å². The molecule has 0 heterocycles. The number of amides is 1. The van der Waals surface area contributed by atoms with Crippen molar-refractivity contribution in [2.75, 3.05) is 5.32 Å². The molecule has 0 radical (unpaired) electrons. The number of benzene rings is 1. The van der Waals surface area contributed by atoms with Crippen molar-refractivity contribution in [2.24, 2.45) is 0 Å². The fraction of sp³-hybridized carbons (Fsp3) is 0.500. The number of phosphoric ester groups is 1. The van der Waals surface area contributed by atoms with Gasteiger partial charge in [-0.3, -0.25) is 14.6 Å². The average Bonchev–Trinajstić information content (AvgIpc) is 2.44. The van der Waals surface area contributed by atoms with Gasteiger partial charge in [0.2, 0.25) is 5.91 Å². The van der Waals surface area contributed by atoms with E-state index in [-0.39, 0.29) is 17.2 Å². The maximum atomic E-state index is 12.9. The Labute approximate surface area is 128 Å². The van der Waals surface area contributed by atoms with Crippen LogP contribution in [0.1, 0.15) is 44.6 Å². The van der Waals surface area contributed by atoms with Crippen molar-refractivity contribution in [3.63, 3.8) is 0 Å². The van der Waals surface area contributed by atoms with Crippen LogP contribution >= 0.6 is 7.82 Å². The van der Waals surface area contributed by atoms with Gasteiger partial charge < -0.3 is 9.84 Å². The largest absolute Gasteiger partial charge is 0.524 e. The summed E-state index contributed by atoms with van der Waals surface area (Å²) in [6, 6.07) is 3.93. The van der Waals surface area contributed by atoms with Gasteiger partial charge in [-0.15, -0.1) is 0 Å². The number of halogens is 1. The maximum absolute atomic E-state index is 12.9. The third kappa shape index (κ3) is 7.02. The minimum absolute atomic E-state index is 0.0351. The second-order valence-corrected chi connectivity index (χ2v) is 6.06. The van der Waals surface area contributed by atoms with Crippen LogP contribution in [-0.4, -0.2) is 15.7 Å². The highest BCUT2D eigenvalue weighted by molar-refractivity contribution is 7.46. The summed E-state index contributed by atoms with van der Waals surface area (Å²) >= 11 is 0. The molecule has 0 fully saturated rings.